The molecule has 28 heavy (non-hydrogen) atoms. The first-order chi connectivity index (χ1) is 13.6. The number of rotatable bonds is 9. The third-order valence-electron chi connectivity index (χ3n) is 5.43. The molecule has 0 unspecified atom stereocenters. The summed E-state index contributed by atoms with van der Waals surface area (Å²) in [6, 6.07) is 6.68. The molecule has 6 heteroatoms. The van der Waals surface area contributed by atoms with Crippen LogP contribution in [0.5, 0.6) is 5.75 Å². The number of guanidine groups is 1. The molecule has 0 radical (unpaired) electrons. The Labute approximate surface area is 168 Å². The van der Waals surface area contributed by atoms with Crippen molar-refractivity contribution in [3.05, 3.63) is 29.3 Å². The molecular formula is C22H34N4O2. The van der Waals surface area contributed by atoms with E-state index < -0.39 is 0 Å². The Kier molecular flexibility index (Phi) is 7.57. The number of aliphatic imine (C=N–C) groups is 1. The maximum absolute atomic E-state index is 12.0. The van der Waals surface area contributed by atoms with Gasteiger partial charge in [0.2, 0.25) is 5.91 Å². The summed E-state index contributed by atoms with van der Waals surface area (Å²) in [5.41, 5.74) is 2.32. The highest BCUT2D eigenvalue weighted by molar-refractivity contribution is 5.81. The molecule has 2 aliphatic rings. The van der Waals surface area contributed by atoms with Crippen LogP contribution in [-0.4, -0.2) is 38.1 Å². The molecule has 2 saturated carbocycles. The van der Waals surface area contributed by atoms with Gasteiger partial charge in [-0.15, -0.1) is 0 Å². The van der Waals surface area contributed by atoms with Crippen LogP contribution in [0.3, 0.4) is 0 Å². The van der Waals surface area contributed by atoms with Crippen LogP contribution in [0.25, 0.3) is 0 Å². The van der Waals surface area contributed by atoms with Gasteiger partial charge in [0.05, 0.1) is 6.61 Å². The van der Waals surface area contributed by atoms with Gasteiger partial charge in [-0.3, -0.25) is 9.79 Å². The second-order valence-corrected chi connectivity index (χ2v) is 8.02. The molecular weight excluding hydrogens is 352 g/mol. The van der Waals surface area contributed by atoms with Crippen LogP contribution in [0.4, 0.5) is 0 Å². The summed E-state index contributed by atoms with van der Waals surface area (Å²) < 4.78 is 6.03. The van der Waals surface area contributed by atoms with E-state index in [9.17, 15) is 4.79 Å². The highest BCUT2D eigenvalue weighted by atomic mass is 16.5. The molecule has 0 heterocycles. The van der Waals surface area contributed by atoms with E-state index in [1.165, 1.54) is 31.2 Å². The van der Waals surface area contributed by atoms with Gasteiger partial charge >= 0.3 is 0 Å². The van der Waals surface area contributed by atoms with E-state index in [4.69, 9.17) is 4.74 Å². The largest absolute Gasteiger partial charge is 0.493 e. The minimum absolute atomic E-state index is 0.115. The fraction of sp³-hybridized carbons (Fsp3) is 0.636. The van der Waals surface area contributed by atoms with Gasteiger partial charge in [0.15, 0.2) is 5.96 Å². The van der Waals surface area contributed by atoms with E-state index in [1.54, 1.807) is 7.05 Å². The lowest BCUT2D eigenvalue weighted by atomic mass is 10.1. The third kappa shape index (κ3) is 6.73. The highest BCUT2D eigenvalue weighted by Crippen LogP contribution is 2.30. The van der Waals surface area contributed by atoms with Gasteiger partial charge in [0.25, 0.3) is 0 Å². The van der Waals surface area contributed by atoms with Crippen molar-refractivity contribution in [2.75, 3.05) is 20.2 Å². The fourth-order valence-corrected chi connectivity index (χ4v) is 3.50. The van der Waals surface area contributed by atoms with Gasteiger partial charge in [0.1, 0.15) is 5.75 Å². The van der Waals surface area contributed by atoms with E-state index in [2.05, 4.69) is 46.1 Å². The zero-order valence-corrected chi connectivity index (χ0v) is 17.2. The van der Waals surface area contributed by atoms with E-state index >= 15 is 0 Å². The monoisotopic (exact) mass is 386 g/mol. The number of amides is 1. The van der Waals surface area contributed by atoms with Crippen molar-refractivity contribution in [2.45, 2.75) is 64.5 Å². The average molecular weight is 387 g/mol. The van der Waals surface area contributed by atoms with Crippen molar-refractivity contribution in [1.29, 1.82) is 0 Å². The summed E-state index contributed by atoms with van der Waals surface area (Å²) in [5, 5.41) is 9.66. The van der Waals surface area contributed by atoms with Crippen molar-refractivity contribution in [3.63, 3.8) is 0 Å². The molecule has 6 nitrogen and oxygen atoms in total. The molecule has 0 saturated heterocycles. The lowest BCUT2D eigenvalue weighted by molar-refractivity contribution is -0.121. The molecule has 3 rings (SSSR count). The van der Waals surface area contributed by atoms with E-state index in [-0.39, 0.29) is 5.91 Å². The lowest BCUT2D eigenvalue weighted by Crippen LogP contribution is -2.40. The van der Waals surface area contributed by atoms with Gasteiger partial charge in [-0.1, -0.05) is 25.0 Å². The number of aryl methyl sites for hydroxylation is 1. The summed E-state index contributed by atoms with van der Waals surface area (Å²) in [6.07, 6.45) is 7.70. The van der Waals surface area contributed by atoms with Crippen LogP contribution in [0, 0.1) is 12.8 Å². The van der Waals surface area contributed by atoms with Gasteiger partial charge in [0, 0.05) is 38.2 Å². The topological polar surface area (TPSA) is 74.8 Å². The molecule has 0 aromatic heterocycles. The second-order valence-electron chi connectivity index (χ2n) is 8.02. The quantitative estimate of drug-likeness (QED) is 0.451. The Bertz CT molecular complexity index is 679. The SMILES string of the molecule is CN=C(NCCC(=O)NC1CCCC1)NCc1ccc(C)cc1OCC1CC1. The molecule has 154 valence electrons. The smallest absolute Gasteiger partial charge is 0.221 e. The molecule has 1 aromatic carbocycles. The predicted octanol–water partition coefficient (Wildman–Crippen LogP) is 2.90. The summed E-state index contributed by atoms with van der Waals surface area (Å²) >= 11 is 0. The third-order valence-corrected chi connectivity index (χ3v) is 5.43. The molecule has 0 aliphatic heterocycles. The number of carbonyl (C=O) groups excluding carboxylic acids is 1. The Balaban J connectivity index is 1.41. The summed E-state index contributed by atoms with van der Waals surface area (Å²) in [7, 11) is 1.74. The number of ether oxygens (including phenoxy) is 1. The number of benzene rings is 1. The zero-order chi connectivity index (χ0) is 19.8. The highest BCUT2D eigenvalue weighted by Gasteiger charge is 2.22. The van der Waals surface area contributed by atoms with Crippen molar-refractivity contribution < 1.29 is 9.53 Å². The molecule has 1 amide bonds. The Morgan fingerprint density at radius 3 is 2.68 bits per heavy atom. The first-order valence-electron chi connectivity index (χ1n) is 10.6. The Morgan fingerprint density at radius 1 is 1.18 bits per heavy atom. The first-order valence-corrected chi connectivity index (χ1v) is 10.6. The van der Waals surface area contributed by atoms with Crippen LogP contribution in [0.1, 0.15) is 56.1 Å². The minimum Gasteiger partial charge on any atom is -0.493 e. The number of nitrogens with zero attached hydrogens (tertiary/aromatic N) is 1. The van der Waals surface area contributed by atoms with Crippen LogP contribution in [0.2, 0.25) is 0 Å². The normalized spacial score (nSPS) is 17.4. The van der Waals surface area contributed by atoms with E-state index in [0.29, 0.717) is 31.5 Å². The number of nitrogens with one attached hydrogen (secondary N) is 3. The first kappa shape index (κ1) is 20.5. The van der Waals surface area contributed by atoms with E-state index in [0.717, 1.165) is 36.7 Å². The van der Waals surface area contributed by atoms with Gasteiger partial charge < -0.3 is 20.7 Å². The van der Waals surface area contributed by atoms with Crippen molar-refractivity contribution in [1.82, 2.24) is 16.0 Å². The van der Waals surface area contributed by atoms with Crippen molar-refractivity contribution in [2.24, 2.45) is 10.9 Å². The number of carbonyl (C=O) groups is 1. The zero-order valence-electron chi connectivity index (χ0n) is 17.2. The van der Waals surface area contributed by atoms with Crippen molar-refractivity contribution in [3.8, 4) is 5.75 Å². The van der Waals surface area contributed by atoms with Gasteiger partial charge in [-0.05, 0) is 50.2 Å². The maximum Gasteiger partial charge on any atom is 0.221 e. The standard InChI is InChI=1S/C22H34N4O2/c1-16-7-10-18(20(13-16)28-15-17-8-9-17)14-25-22(23-2)24-12-11-21(27)26-19-5-3-4-6-19/h7,10,13,17,19H,3-6,8-9,11-12,14-15H2,1-2H3,(H,26,27)(H2,23,24,25). The Hall–Kier alpha value is -2.24. The van der Waals surface area contributed by atoms with Crippen LogP contribution >= 0.6 is 0 Å². The average Bonchev–Trinajstić information content (AvgIpc) is 3.38. The van der Waals surface area contributed by atoms with Gasteiger partial charge in [-0.2, -0.15) is 0 Å². The predicted molar refractivity (Wildman–Crippen MR) is 113 cm³/mol. The summed E-state index contributed by atoms with van der Waals surface area (Å²) in [5.74, 6) is 2.49. The molecule has 0 spiro atoms. The summed E-state index contributed by atoms with van der Waals surface area (Å²) in [4.78, 5) is 16.3. The molecule has 3 N–H and O–H groups in total. The van der Waals surface area contributed by atoms with Crippen molar-refractivity contribution >= 4 is 11.9 Å². The lowest BCUT2D eigenvalue weighted by Gasteiger charge is -2.16. The number of hydrogen-bond acceptors (Lipinski definition) is 3. The van der Waals surface area contributed by atoms with Crippen LogP contribution in [0.15, 0.2) is 23.2 Å². The Morgan fingerprint density at radius 2 is 1.96 bits per heavy atom. The fourth-order valence-electron chi connectivity index (χ4n) is 3.50. The van der Waals surface area contributed by atoms with Gasteiger partial charge in [-0.25, -0.2) is 0 Å². The second kappa shape index (κ2) is 10.3. The van der Waals surface area contributed by atoms with Crippen LogP contribution < -0.4 is 20.7 Å². The molecule has 0 bridgehead atoms. The molecule has 1 aromatic rings. The molecule has 0 atom stereocenters. The molecule has 2 fully saturated rings. The maximum atomic E-state index is 12.0. The van der Waals surface area contributed by atoms with E-state index in [1.807, 2.05) is 0 Å². The minimum atomic E-state index is 0.115. The number of hydrogen-bond donors (Lipinski definition) is 3. The van der Waals surface area contributed by atoms with Crippen LogP contribution in [-0.2, 0) is 11.3 Å². The summed E-state index contributed by atoms with van der Waals surface area (Å²) in [6.45, 7) is 4.09. The molecule has 2 aliphatic carbocycles.